The highest BCUT2D eigenvalue weighted by molar-refractivity contribution is 7.41. The predicted octanol–water partition coefficient (Wildman–Crippen LogP) is 8.91. The zero-order valence-electron chi connectivity index (χ0n) is 20.0. The summed E-state index contributed by atoms with van der Waals surface area (Å²) >= 11 is 0. The molecule has 3 nitrogen and oxygen atoms in total. The van der Waals surface area contributed by atoms with E-state index in [1.165, 1.54) is 57.8 Å². The molecule has 0 heterocycles. The molecule has 4 heteroatoms. The Morgan fingerprint density at radius 3 is 0.929 bits per heavy atom. The Hall–Kier alpha value is 0.310. The van der Waals surface area contributed by atoms with Gasteiger partial charge in [0.05, 0.1) is 19.8 Å². The molecule has 0 aliphatic heterocycles. The molecule has 0 bridgehead atoms. The molecule has 0 fully saturated rings. The topological polar surface area (TPSA) is 27.7 Å². The molecule has 0 aromatic rings. The fraction of sp³-hybridized carbons (Fsp3) is 1.00. The summed E-state index contributed by atoms with van der Waals surface area (Å²) in [4.78, 5) is 0. The van der Waals surface area contributed by atoms with Crippen LogP contribution in [0, 0.1) is 17.8 Å². The first-order chi connectivity index (χ1) is 13.6. The third-order valence-electron chi connectivity index (χ3n) is 6.32. The maximum absolute atomic E-state index is 6.02. The summed E-state index contributed by atoms with van der Waals surface area (Å²) in [5.41, 5.74) is 0. The fourth-order valence-corrected chi connectivity index (χ4v) is 4.79. The van der Waals surface area contributed by atoms with E-state index >= 15 is 0 Å². The van der Waals surface area contributed by atoms with Crippen LogP contribution in [0.4, 0.5) is 0 Å². The van der Waals surface area contributed by atoms with Crippen molar-refractivity contribution < 1.29 is 13.6 Å². The van der Waals surface area contributed by atoms with Crippen molar-refractivity contribution >= 4 is 8.60 Å². The summed E-state index contributed by atoms with van der Waals surface area (Å²) in [5, 5.41) is 0. The lowest BCUT2D eigenvalue weighted by molar-refractivity contribution is 0.149. The van der Waals surface area contributed by atoms with E-state index in [9.17, 15) is 0 Å². The van der Waals surface area contributed by atoms with Crippen molar-refractivity contribution in [2.24, 2.45) is 17.8 Å². The lowest BCUT2D eigenvalue weighted by Crippen LogP contribution is -2.05. The SMILES string of the molecule is CCC(CC)CCCOP(OCCCC(CC)CC)OCCCC(CC)CC. The third kappa shape index (κ3) is 15.2. The highest BCUT2D eigenvalue weighted by atomic mass is 31.2. The smallest absolute Gasteiger partial charge is 0.312 e. The molecule has 0 unspecified atom stereocenters. The molecule has 170 valence electrons. The molecule has 0 aliphatic carbocycles. The summed E-state index contributed by atoms with van der Waals surface area (Å²) in [7, 11) is -1.18. The quantitative estimate of drug-likeness (QED) is 0.137. The van der Waals surface area contributed by atoms with E-state index in [2.05, 4.69) is 41.5 Å². The largest absolute Gasteiger partial charge is 0.332 e. The normalized spacial score (nSPS) is 12.2. The molecule has 0 saturated carbocycles. The monoisotopic (exact) mass is 418 g/mol. The molecule has 0 atom stereocenters. The Bertz CT molecular complexity index is 255. The first kappa shape index (κ1) is 28.3. The summed E-state index contributed by atoms with van der Waals surface area (Å²) in [6, 6.07) is 0. The van der Waals surface area contributed by atoms with Gasteiger partial charge in [0, 0.05) is 0 Å². The van der Waals surface area contributed by atoms with Crippen molar-refractivity contribution in [2.45, 2.75) is 119 Å². The van der Waals surface area contributed by atoms with Crippen molar-refractivity contribution in [3.8, 4) is 0 Å². The Labute approximate surface area is 178 Å². The van der Waals surface area contributed by atoms with Crippen LogP contribution in [0.5, 0.6) is 0 Å². The molecule has 0 spiro atoms. The standard InChI is InChI=1S/C24H51O3P/c1-7-22(8-2)16-13-19-25-28(26-20-14-17-23(9-3)10-4)27-21-15-18-24(11-5)12-6/h22-24H,7-21H2,1-6H3. The van der Waals surface area contributed by atoms with Crippen LogP contribution >= 0.6 is 8.60 Å². The highest BCUT2D eigenvalue weighted by Gasteiger charge is 2.14. The van der Waals surface area contributed by atoms with Crippen LogP contribution in [0.1, 0.15) is 119 Å². The van der Waals surface area contributed by atoms with Crippen molar-refractivity contribution in [1.29, 1.82) is 0 Å². The maximum atomic E-state index is 6.02. The molecule has 0 amide bonds. The Morgan fingerprint density at radius 2 is 0.714 bits per heavy atom. The molecule has 0 aliphatic rings. The second-order valence-electron chi connectivity index (χ2n) is 8.20. The van der Waals surface area contributed by atoms with Gasteiger partial charge in [-0.1, -0.05) is 80.1 Å². The molecule has 0 saturated heterocycles. The van der Waals surface area contributed by atoms with Gasteiger partial charge in [0.15, 0.2) is 0 Å². The maximum Gasteiger partial charge on any atom is 0.332 e. The molecule has 0 aromatic carbocycles. The van der Waals surface area contributed by atoms with Crippen LogP contribution in [0.3, 0.4) is 0 Å². The van der Waals surface area contributed by atoms with Gasteiger partial charge in [-0.05, 0) is 56.3 Å². The van der Waals surface area contributed by atoms with Crippen LogP contribution in [0.25, 0.3) is 0 Å². The number of hydrogen-bond acceptors (Lipinski definition) is 3. The molecular formula is C24H51O3P. The zero-order valence-corrected chi connectivity index (χ0v) is 20.9. The van der Waals surface area contributed by atoms with Crippen molar-refractivity contribution in [3.05, 3.63) is 0 Å². The van der Waals surface area contributed by atoms with E-state index in [1.54, 1.807) is 0 Å². The lowest BCUT2D eigenvalue weighted by Gasteiger charge is -2.19. The summed E-state index contributed by atoms with van der Waals surface area (Å²) in [5.74, 6) is 2.49. The van der Waals surface area contributed by atoms with Gasteiger partial charge in [-0.3, -0.25) is 0 Å². The van der Waals surface area contributed by atoms with Gasteiger partial charge in [-0.15, -0.1) is 0 Å². The molecule has 0 N–H and O–H groups in total. The second-order valence-corrected chi connectivity index (χ2v) is 9.42. The van der Waals surface area contributed by atoms with Gasteiger partial charge in [-0.2, -0.15) is 0 Å². The number of hydrogen-bond donors (Lipinski definition) is 0. The van der Waals surface area contributed by atoms with Crippen LogP contribution < -0.4 is 0 Å². The highest BCUT2D eigenvalue weighted by Crippen LogP contribution is 2.40. The zero-order chi connectivity index (χ0) is 21.0. The number of rotatable bonds is 21. The summed E-state index contributed by atoms with van der Waals surface area (Å²) in [6.07, 6.45) is 14.7. The minimum atomic E-state index is -1.18. The first-order valence-electron chi connectivity index (χ1n) is 12.3. The van der Waals surface area contributed by atoms with Gasteiger partial charge < -0.3 is 13.6 Å². The van der Waals surface area contributed by atoms with E-state index < -0.39 is 8.60 Å². The van der Waals surface area contributed by atoms with Crippen molar-refractivity contribution in [3.63, 3.8) is 0 Å². The molecule has 0 radical (unpaired) electrons. The molecule has 28 heavy (non-hydrogen) atoms. The van der Waals surface area contributed by atoms with Crippen molar-refractivity contribution in [2.75, 3.05) is 19.8 Å². The van der Waals surface area contributed by atoms with Crippen LogP contribution in [0.2, 0.25) is 0 Å². The molecular weight excluding hydrogens is 367 g/mol. The fourth-order valence-electron chi connectivity index (χ4n) is 3.74. The average Bonchev–Trinajstić information content (AvgIpc) is 2.73. The van der Waals surface area contributed by atoms with Gasteiger partial charge >= 0.3 is 8.60 Å². The molecule has 0 aromatic heterocycles. The average molecular weight is 419 g/mol. The second kappa shape index (κ2) is 20.6. The van der Waals surface area contributed by atoms with Gasteiger partial charge in [0.25, 0.3) is 0 Å². The van der Waals surface area contributed by atoms with E-state index in [1.807, 2.05) is 0 Å². The summed E-state index contributed by atoms with van der Waals surface area (Å²) < 4.78 is 18.1. The van der Waals surface area contributed by atoms with E-state index in [-0.39, 0.29) is 0 Å². The van der Waals surface area contributed by atoms with E-state index in [4.69, 9.17) is 13.6 Å². The van der Waals surface area contributed by atoms with Gasteiger partial charge in [0.2, 0.25) is 0 Å². The lowest BCUT2D eigenvalue weighted by atomic mass is 9.98. The Morgan fingerprint density at radius 1 is 0.464 bits per heavy atom. The van der Waals surface area contributed by atoms with Crippen LogP contribution in [-0.4, -0.2) is 19.8 Å². The third-order valence-corrected chi connectivity index (χ3v) is 7.50. The van der Waals surface area contributed by atoms with Gasteiger partial charge in [0.1, 0.15) is 0 Å². The minimum absolute atomic E-state index is 0.765. The summed E-state index contributed by atoms with van der Waals surface area (Å²) in [6.45, 7) is 16.0. The van der Waals surface area contributed by atoms with E-state index in [0.29, 0.717) is 0 Å². The van der Waals surface area contributed by atoms with E-state index in [0.717, 1.165) is 56.8 Å². The predicted molar refractivity (Wildman–Crippen MR) is 125 cm³/mol. The van der Waals surface area contributed by atoms with Gasteiger partial charge in [-0.25, -0.2) is 0 Å². The van der Waals surface area contributed by atoms with Crippen molar-refractivity contribution in [1.82, 2.24) is 0 Å². The first-order valence-corrected chi connectivity index (χ1v) is 13.4. The van der Waals surface area contributed by atoms with Crippen LogP contribution in [0.15, 0.2) is 0 Å². The Balaban J connectivity index is 4.17. The van der Waals surface area contributed by atoms with Crippen LogP contribution in [-0.2, 0) is 13.6 Å². The Kier molecular flexibility index (Phi) is 20.8. The molecule has 0 rings (SSSR count). The minimum Gasteiger partial charge on any atom is -0.312 e.